The molecular formula is C18H21N3O4. The standard InChI is InChI=1S/C18H21N3O4/c1-20(11-17(23)24)15-9-21(10-16(15)22)18(25)14-8-7-13(19-14)12-5-3-2-4-6-12/h2-8,15-16,19,22H,9-11H2,1H3,(H,23,24)/t15-,16+/m0/s1. The summed E-state index contributed by atoms with van der Waals surface area (Å²) in [4.78, 5) is 29.7. The Balaban J connectivity index is 1.70. The number of aliphatic hydroxyl groups excluding tert-OH is 1. The Morgan fingerprint density at radius 2 is 1.92 bits per heavy atom. The minimum atomic E-state index is -0.962. The maximum Gasteiger partial charge on any atom is 0.317 e. The highest BCUT2D eigenvalue weighted by Crippen LogP contribution is 2.21. The fourth-order valence-electron chi connectivity index (χ4n) is 3.18. The van der Waals surface area contributed by atoms with Crippen LogP contribution in [0.2, 0.25) is 0 Å². The Bertz CT molecular complexity index is 759. The van der Waals surface area contributed by atoms with Gasteiger partial charge in [-0.05, 0) is 24.7 Å². The van der Waals surface area contributed by atoms with Gasteiger partial charge in [0.1, 0.15) is 5.69 Å². The lowest BCUT2D eigenvalue weighted by atomic mass is 10.2. The van der Waals surface area contributed by atoms with Crippen LogP contribution in [0.3, 0.4) is 0 Å². The van der Waals surface area contributed by atoms with Gasteiger partial charge in [0.15, 0.2) is 0 Å². The van der Waals surface area contributed by atoms with E-state index in [1.54, 1.807) is 22.9 Å². The second kappa shape index (κ2) is 7.08. The summed E-state index contributed by atoms with van der Waals surface area (Å²) >= 11 is 0. The molecule has 3 N–H and O–H groups in total. The fourth-order valence-corrected chi connectivity index (χ4v) is 3.18. The van der Waals surface area contributed by atoms with Crippen molar-refractivity contribution in [1.29, 1.82) is 0 Å². The van der Waals surface area contributed by atoms with Gasteiger partial charge in [-0.2, -0.15) is 0 Å². The first kappa shape index (κ1) is 17.2. The molecule has 1 aliphatic heterocycles. The number of benzene rings is 1. The number of carbonyl (C=O) groups excluding carboxylic acids is 1. The number of aromatic amines is 1. The minimum Gasteiger partial charge on any atom is -0.480 e. The van der Waals surface area contributed by atoms with Crippen LogP contribution in [-0.2, 0) is 4.79 Å². The average molecular weight is 343 g/mol. The zero-order chi connectivity index (χ0) is 18.0. The second-order valence-electron chi connectivity index (χ2n) is 6.31. The largest absolute Gasteiger partial charge is 0.480 e. The Labute approximate surface area is 145 Å². The predicted molar refractivity (Wildman–Crippen MR) is 92.2 cm³/mol. The van der Waals surface area contributed by atoms with Gasteiger partial charge in [-0.15, -0.1) is 0 Å². The summed E-state index contributed by atoms with van der Waals surface area (Å²) in [7, 11) is 1.64. The third kappa shape index (κ3) is 3.72. The number of amides is 1. The van der Waals surface area contributed by atoms with Crippen LogP contribution in [0.1, 0.15) is 10.5 Å². The number of hydrogen-bond donors (Lipinski definition) is 3. The number of carbonyl (C=O) groups is 2. The van der Waals surface area contributed by atoms with Crippen LogP contribution in [0, 0.1) is 0 Å². The number of aliphatic hydroxyl groups is 1. The first-order chi connectivity index (χ1) is 12.0. The molecule has 0 radical (unpaired) electrons. The summed E-state index contributed by atoms with van der Waals surface area (Å²) in [6, 6.07) is 12.9. The topological polar surface area (TPSA) is 96.9 Å². The van der Waals surface area contributed by atoms with Crippen LogP contribution in [0.25, 0.3) is 11.3 Å². The molecule has 1 fully saturated rings. The molecule has 1 aromatic carbocycles. The lowest BCUT2D eigenvalue weighted by Crippen LogP contribution is -2.43. The molecule has 0 bridgehead atoms. The molecular weight excluding hydrogens is 322 g/mol. The number of carboxylic acid groups (broad SMARTS) is 1. The summed E-state index contributed by atoms with van der Waals surface area (Å²) in [5.41, 5.74) is 2.29. The Kier molecular flexibility index (Phi) is 4.87. The van der Waals surface area contributed by atoms with Crippen molar-refractivity contribution in [2.45, 2.75) is 12.1 Å². The molecule has 25 heavy (non-hydrogen) atoms. The molecule has 7 nitrogen and oxygen atoms in total. The normalized spacial score (nSPS) is 20.2. The Hall–Kier alpha value is -2.64. The van der Waals surface area contributed by atoms with E-state index < -0.39 is 12.1 Å². The first-order valence-electron chi connectivity index (χ1n) is 8.09. The van der Waals surface area contributed by atoms with Crippen molar-refractivity contribution >= 4 is 11.9 Å². The molecule has 0 spiro atoms. The lowest BCUT2D eigenvalue weighted by Gasteiger charge is -2.24. The molecule has 0 aliphatic carbocycles. The van der Waals surface area contributed by atoms with E-state index in [-0.39, 0.29) is 25.0 Å². The molecule has 7 heteroatoms. The highest BCUT2D eigenvalue weighted by atomic mass is 16.4. The van der Waals surface area contributed by atoms with Gasteiger partial charge in [0, 0.05) is 18.8 Å². The van der Waals surface area contributed by atoms with E-state index in [2.05, 4.69) is 4.98 Å². The smallest absolute Gasteiger partial charge is 0.317 e. The molecule has 2 aromatic rings. The van der Waals surface area contributed by atoms with E-state index in [1.807, 2.05) is 36.4 Å². The van der Waals surface area contributed by atoms with Gasteiger partial charge >= 0.3 is 5.97 Å². The molecule has 0 unspecified atom stereocenters. The average Bonchev–Trinajstić information content (AvgIpc) is 3.21. The molecule has 2 atom stereocenters. The molecule has 2 heterocycles. The van der Waals surface area contributed by atoms with Gasteiger partial charge < -0.3 is 20.1 Å². The van der Waals surface area contributed by atoms with Crippen molar-refractivity contribution in [2.75, 3.05) is 26.7 Å². The highest BCUT2D eigenvalue weighted by molar-refractivity contribution is 5.93. The molecule has 3 rings (SSSR count). The van der Waals surface area contributed by atoms with Crippen molar-refractivity contribution in [1.82, 2.24) is 14.8 Å². The number of hydrogen-bond acceptors (Lipinski definition) is 4. The number of likely N-dealkylation sites (tertiary alicyclic amines) is 1. The lowest BCUT2D eigenvalue weighted by molar-refractivity contribution is -0.138. The van der Waals surface area contributed by atoms with Crippen molar-refractivity contribution in [3.05, 3.63) is 48.2 Å². The number of rotatable bonds is 5. The highest BCUT2D eigenvalue weighted by Gasteiger charge is 2.37. The van der Waals surface area contributed by atoms with Crippen molar-refractivity contribution in [3.8, 4) is 11.3 Å². The van der Waals surface area contributed by atoms with E-state index in [4.69, 9.17) is 5.11 Å². The summed E-state index contributed by atoms with van der Waals surface area (Å²) in [5.74, 6) is -1.16. The van der Waals surface area contributed by atoms with E-state index in [1.165, 1.54) is 0 Å². The molecule has 1 amide bonds. The van der Waals surface area contributed by atoms with E-state index in [0.717, 1.165) is 11.3 Å². The summed E-state index contributed by atoms with van der Waals surface area (Å²) in [6.45, 7) is 0.307. The van der Waals surface area contributed by atoms with Crippen molar-refractivity contribution in [2.24, 2.45) is 0 Å². The third-order valence-corrected chi connectivity index (χ3v) is 4.50. The zero-order valence-corrected chi connectivity index (χ0v) is 13.9. The SMILES string of the molecule is CN(CC(=O)O)[C@H]1CN(C(=O)c2ccc(-c3ccccc3)[nH]2)C[C@H]1O. The number of β-amino-alcohol motifs (C(OH)–C–C–N with tert-alkyl or cyclic N) is 1. The van der Waals surface area contributed by atoms with Gasteiger partial charge in [0.2, 0.25) is 0 Å². The van der Waals surface area contributed by atoms with Gasteiger partial charge in [-0.3, -0.25) is 14.5 Å². The number of aromatic nitrogens is 1. The van der Waals surface area contributed by atoms with Gasteiger partial charge in [-0.1, -0.05) is 30.3 Å². The fraction of sp³-hybridized carbons (Fsp3) is 0.333. The molecule has 1 aliphatic rings. The van der Waals surface area contributed by atoms with Crippen LogP contribution >= 0.6 is 0 Å². The van der Waals surface area contributed by atoms with E-state index in [0.29, 0.717) is 12.2 Å². The minimum absolute atomic E-state index is 0.176. The quantitative estimate of drug-likeness (QED) is 0.749. The molecule has 1 aromatic heterocycles. The van der Waals surface area contributed by atoms with Crippen molar-refractivity contribution in [3.63, 3.8) is 0 Å². The number of H-pyrrole nitrogens is 1. The molecule has 0 saturated carbocycles. The summed E-state index contributed by atoms with van der Waals surface area (Å²) in [6.07, 6.45) is -0.767. The van der Waals surface area contributed by atoms with Crippen LogP contribution in [-0.4, -0.2) is 75.7 Å². The maximum absolute atomic E-state index is 12.7. The summed E-state index contributed by atoms with van der Waals surface area (Å²) < 4.78 is 0. The molecule has 1 saturated heterocycles. The Morgan fingerprint density at radius 3 is 2.60 bits per heavy atom. The number of nitrogens with one attached hydrogen (secondary N) is 1. The summed E-state index contributed by atoms with van der Waals surface area (Å²) in [5, 5.41) is 19.1. The first-order valence-corrected chi connectivity index (χ1v) is 8.09. The predicted octanol–water partition coefficient (Wildman–Crippen LogP) is 0.883. The van der Waals surface area contributed by atoms with Crippen molar-refractivity contribution < 1.29 is 19.8 Å². The number of carboxylic acids is 1. The maximum atomic E-state index is 12.7. The van der Waals surface area contributed by atoms with Crippen LogP contribution in [0.5, 0.6) is 0 Å². The Morgan fingerprint density at radius 1 is 1.20 bits per heavy atom. The zero-order valence-electron chi connectivity index (χ0n) is 13.9. The number of aliphatic carboxylic acids is 1. The monoisotopic (exact) mass is 343 g/mol. The van der Waals surface area contributed by atoms with Crippen LogP contribution < -0.4 is 0 Å². The van der Waals surface area contributed by atoms with E-state index in [9.17, 15) is 14.7 Å². The molecule has 132 valence electrons. The van der Waals surface area contributed by atoms with E-state index >= 15 is 0 Å². The number of likely N-dealkylation sites (N-methyl/N-ethyl adjacent to an activating group) is 1. The van der Waals surface area contributed by atoms with Crippen LogP contribution in [0.4, 0.5) is 0 Å². The van der Waals surface area contributed by atoms with Gasteiger partial charge in [0.05, 0.1) is 18.7 Å². The van der Waals surface area contributed by atoms with Crippen LogP contribution in [0.15, 0.2) is 42.5 Å². The third-order valence-electron chi connectivity index (χ3n) is 4.50. The van der Waals surface area contributed by atoms with Gasteiger partial charge in [-0.25, -0.2) is 0 Å². The number of nitrogens with zero attached hydrogens (tertiary/aromatic N) is 2. The van der Waals surface area contributed by atoms with Gasteiger partial charge in [0.25, 0.3) is 5.91 Å². The second-order valence-corrected chi connectivity index (χ2v) is 6.31.